The summed E-state index contributed by atoms with van der Waals surface area (Å²) in [5, 5.41) is 0. The fraction of sp³-hybridized carbons (Fsp3) is 0.588. The SMILES string of the molecule is CCCn1c(C2CCCCC2CN)nc2cc(F)ccc21. The maximum atomic E-state index is 13.5. The Labute approximate surface area is 125 Å². The van der Waals surface area contributed by atoms with Gasteiger partial charge in [0, 0.05) is 18.5 Å². The van der Waals surface area contributed by atoms with Crippen molar-refractivity contribution in [2.24, 2.45) is 11.7 Å². The minimum Gasteiger partial charge on any atom is -0.330 e. The fourth-order valence-corrected chi connectivity index (χ4v) is 3.69. The van der Waals surface area contributed by atoms with E-state index in [0.29, 0.717) is 18.4 Å². The highest BCUT2D eigenvalue weighted by atomic mass is 19.1. The minimum absolute atomic E-state index is 0.214. The van der Waals surface area contributed by atoms with Gasteiger partial charge in [-0.3, -0.25) is 0 Å². The van der Waals surface area contributed by atoms with Crippen molar-refractivity contribution in [2.75, 3.05) is 6.54 Å². The zero-order chi connectivity index (χ0) is 14.8. The predicted octanol–water partition coefficient (Wildman–Crippen LogP) is 3.82. The van der Waals surface area contributed by atoms with E-state index >= 15 is 0 Å². The van der Waals surface area contributed by atoms with E-state index in [1.807, 2.05) is 6.07 Å². The van der Waals surface area contributed by atoms with Crippen LogP contribution in [0.4, 0.5) is 4.39 Å². The van der Waals surface area contributed by atoms with Crippen LogP contribution >= 0.6 is 0 Å². The molecule has 0 amide bonds. The van der Waals surface area contributed by atoms with Crippen molar-refractivity contribution < 1.29 is 4.39 Å². The normalized spacial score (nSPS) is 22.8. The van der Waals surface area contributed by atoms with Crippen molar-refractivity contribution in [3.05, 3.63) is 29.8 Å². The Morgan fingerprint density at radius 2 is 2.14 bits per heavy atom. The zero-order valence-electron chi connectivity index (χ0n) is 12.7. The van der Waals surface area contributed by atoms with Crippen molar-refractivity contribution in [3.63, 3.8) is 0 Å². The minimum atomic E-state index is -0.214. The molecular formula is C17H24FN3. The third-order valence-electron chi connectivity index (χ3n) is 4.73. The van der Waals surface area contributed by atoms with E-state index in [1.165, 1.54) is 25.3 Å². The van der Waals surface area contributed by atoms with Crippen LogP contribution in [0, 0.1) is 11.7 Å². The average molecular weight is 289 g/mol. The molecule has 1 aliphatic carbocycles. The standard InChI is InChI=1S/C17H24FN3/c1-2-9-21-16-8-7-13(18)10-15(16)20-17(21)14-6-4-3-5-12(14)11-19/h7-8,10,12,14H,2-6,9,11,19H2,1H3. The lowest BCUT2D eigenvalue weighted by atomic mass is 9.78. The van der Waals surface area contributed by atoms with Gasteiger partial charge in [-0.05, 0) is 43.9 Å². The Hall–Kier alpha value is -1.42. The van der Waals surface area contributed by atoms with E-state index in [9.17, 15) is 4.39 Å². The molecule has 0 aliphatic heterocycles. The Balaban J connectivity index is 2.09. The second-order valence-corrected chi connectivity index (χ2v) is 6.14. The number of aromatic nitrogens is 2. The lowest BCUT2D eigenvalue weighted by Gasteiger charge is -2.30. The van der Waals surface area contributed by atoms with Gasteiger partial charge in [-0.15, -0.1) is 0 Å². The zero-order valence-corrected chi connectivity index (χ0v) is 12.7. The summed E-state index contributed by atoms with van der Waals surface area (Å²) in [6.45, 7) is 3.82. The smallest absolute Gasteiger partial charge is 0.125 e. The van der Waals surface area contributed by atoms with Gasteiger partial charge in [-0.2, -0.15) is 0 Å². The van der Waals surface area contributed by atoms with Gasteiger partial charge >= 0.3 is 0 Å². The Bertz CT molecular complexity index is 620. The Kier molecular flexibility index (Phi) is 4.24. The summed E-state index contributed by atoms with van der Waals surface area (Å²) < 4.78 is 15.8. The largest absolute Gasteiger partial charge is 0.330 e. The second kappa shape index (κ2) is 6.14. The van der Waals surface area contributed by atoms with Gasteiger partial charge in [0.15, 0.2) is 0 Å². The number of nitrogens with zero attached hydrogens (tertiary/aromatic N) is 2. The first-order valence-corrected chi connectivity index (χ1v) is 8.10. The van der Waals surface area contributed by atoms with Crippen LogP contribution in [0.15, 0.2) is 18.2 Å². The lowest BCUT2D eigenvalue weighted by molar-refractivity contribution is 0.298. The summed E-state index contributed by atoms with van der Waals surface area (Å²) in [7, 11) is 0. The summed E-state index contributed by atoms with van der Waals surface area (Å²) in [4.78, 5) is 4.78. The van der Waals surface area contributed by atoms with Crippen molar-refractivity contribution in [1.29, 1.82) is 0 Å². The number of benzene rings is 1. The van der Waals surface area contributed by atoms with E-state index in [-0.39, 0.29) is 5.82 Å². The molecule has 1 saturated carbocycles. The first-order valence-electron chi connectivity index (χ1n) is 8.10. The number of imidazole rings is 1. The highest BCUT2D eigenvalue weighted by Gasteiger charge is 2.29. The monoisotopic (exact) mass is 289 g/mol. The first-order chi connectivity index (χ1) is 10.2. The molecule has 0 spiro atoms. The van der Waals surface area contributed by atoms with Gasteiger partial charge in [0.2, 0.25) is 0 Å². The highest BCUT2D eigenvalue weighted by molar-refractivity contribution is 5.76. The van der Waals surface area contributed by atoms with E-state index in [4.69, 9.17) is 10.7 Å². The third-order valence-corrected chi connectivity index (χ3v) is 4.73. The number of hydrogen-bond donors (Lipinski definition) is 1. The molecule has 2 unspecified atom stereocenters. The lowest BCUT2D eigenvalue weighted by Crippen LogP contribution is -2.27. The maximum absolute atomic E-state index is 13.5. The van der Waals surface area contributed by atoms with E-state index in [1.54, 1.807) is 6.07 Å². The van der Waals surface area contributed by atoms with Crippen LogP contribution in [0.3, 0.4) is 0 Å². The van der Waals surface area contributed by atoms with Crippen LogP contribution < -0.4 is 5.73 Å². The molecule has 2 atom stereocenters. The van der Waals surface area contributed by atoms with Crippen LogP contribution in [0.1, 0.15) is 50.8 Å². The number of halogens is 1. The maximum Gasteiger partial charge on any atom is 0.125 e. The molecule has 3 rings (SSSR count). The number of rotatable bonds is 4. The number of nitrogens with two attached hydrogens (primary N) is 1. The quantitative estimate of drug-likeness (QED) is 0.930. The van der Waals surface area contributed by atoms with Crippen LogP contribution in [0.5, 0.6) is 0 Å². The molecule has 0 bridgehead atoms. The molecule has 1 fully saturated rings. The number of hydrogen-bond acceptors (Lipinski definition) is 2. The van der Waals surface area contributed by atoms with E-state index in [0.717, 1.165) is 36.2 Å². The highest BCUT2D eigenvalue weighted by Crippen LogP contribution is 2.38. The summed E-state index contributed by atoms with van der Waals surface area (Å²) >= 11 is 0. The molecule has 1 aliphatic rings. The molecule has 2 N–H and O–H groups in total. The predicted molar refractivity (Wildman–Crippen MR) is 83.7 cm³/mol. The summed E-state index contributed by atoms with van der Waals surface area (Å²) in [6.07, 6.45) is 5.89. The van der Waals surface area contributed by atoms with Gasteiger partial charge < -0.3 is 10.3 Å². The number of fused-ring (bicyclic) bond motifs is 1. The van der Waals surface area contributed by atoms with E-state index in [2.05, 4.69) is 11.5 Å². The van der Waals surface area contributed by atoms with Crippen molar-refractivity contribution in [3.8, 4) is 0 Å². The molecule has 2 aromatic rings. The van der Waals surface area contributed by atoms with Gasteiger partial charge in [0.05, 0.1) is 11.0 Å². The van der Waals surface area contributed by atoms with E-state index < -0.39 is 0 Å². The Morgan fingerprint density at radius 3 is 2.90 bits per heavy atom. The van der Waals surface area contributed by atoms with Crippen LogP contribution in [-0.2, 0) is 6.54 Å². The molecule has 1 heterocycles. The molecule has 0 radical (unpaired) electrons. The summed E-state index contributed by atoms with van der Waals surface area (Å²) in [6, 6.07) is 4.93. The molecule has 3 nitrogen and oxygen atoms in total. The second-order valence-electron chi connectivity index (χ2n) is 6.14. The molecular weight excluding hydrogens is 265 g/mol. The molecule has 0 saturated heterocycles. The molecule has 1 aromatic heterocycles. The summed E-state index contributed by atoms with van der Waals surface area (Å²) in [5.74, 6) is 1.84. The molecule has 21 heavy (non-hydrogen) atoms. The van der Waals surface area contributed by atoms with Crippen LogP contribution in [-0.4, -0.2) is 16.1 Å². The van der Waals surface area contributed by atoms with Crippen molar-refractivity contribution >= 4 is 11.0 Å². The Morgan fingerprint density at radius 1 is 1.33 bits per heavy atom. The van der Waals surface area contributed by atoms with Gasteiger partial charge in [-0.25, -0.2) is 9.37 Å². The topological polar surface area (TPSA) is 43.8 Å². The average Bonchev–Trinajstić information content (AvgIpc) is 2.85. The van der Waals surface area contributed by atoms with Crippen molar-refractivity contribution in [1.82, 2.24) is 9.55 Å². The molecule has 1 aromatic carbocycles. The van der Waals surface area contributed by atoms with Gasteiger partial charge in [0.1, 0.15) is 11.6 Å². The van der Waals surface area contributed by atoms with Crippen molar-refractivity contribution in [2.45, 2.75) is 51.5 Å². The number of aryl methyl sites for hydroxylation is 1. The van der Waals surface area contributed by atoms with Crippen LogP contribution in [0.2, 0.25) is 0 Å². The summed E-state index contributed by atoms with van der Waals surface area (Å²) in [5.41, 5.74) is 7.80. The first kappa shape index (κ1) is 14.5. The molecule has 4 heteroatoms. The van der Waals surface area contributed by atoms with Crippen LogP contribution in [0.25, 0.3) is 11.0 Å². The molecule has 114 valence electrons. The van der Waals surface area contributed by atoms with Gasteiger partial charge in [-0.1, -0.05) is 19.8 Å². The fourth-order valence-electron chi connectivity index (χ4n) is 3.69. The van der Waals surface area contributed by atoms with Gasteiger partial charge in [0.25, 0.3) is 0 Å². The third kappa shape index (κ3) is 2.69.